The summed E-state index contributed by atoms with van der Waals surface area (Å²) in [5.74, 6) is -3.71. The van der Waals surface area contributed by atoms with E-state index in [0.717, 1.165) is 6.07 Å². The van der Waals surface area contributed by atoms with Gasteiger partial charge in [0.2, 0.25) is 0 Å². The number of nitrogens with zero attached hydrogens (tertiary/aromatic N) is 1. The largest absolute Gasteiger partial charge is 0.482 e. The predicted octanol–water partition coefficient (Wildman–Crippen LogP) is 5.95. The number of halogens is 2. The fraction of sp³-hybridized carbons (Fsp3) is 0.472. The predicted molar refractivity (Wildman–Crippen MR) is 175 cm³/mol. The first-order valence-electron chi connectivity index (χ1n) is 16.0. The lowest BCUT2D eigenvalue weighted by atomic mass is 9.42. The van der Waals surface area contributed by atoms with Crippen LogP contribution in [-0.2, 0) is 23.8 Å². The molecule has 1 aromatic carbocycles. The first-order valence-corrected chi connectivity index (χ1v) is 16.8. The smallest absolute Gasteiger partial charge is 0.345 e. The van der Waals surface area contributed by atoms with Crippen molar-refractivity contribution in [1.82, 2.24) is 4.98 Å². The van der Waals surface area contributed by atoms with Gasteiger partial charge in [0, 0.05) is 49.2 Å². The number of rotatable bonds is 6. The maximum absolute atomic E-state index is 14.5. The number of pyridine rings is 1. The van der Waals surface area contributed by atoms with E-state index in [1.807, 2.05) is 13.8 Å². The molecular formula is C36H37BrFNO10. The molecule has 260 valence electrons. The minimum absolute atomic E-state index is 0.0467. The number of carbonyl (C=O) groups is 3. The summed E-state index contributed by atoms with van der Waals surface area (Å²) in [6.07, 6.45) is 0.774. The molecular weight excluding hydrogens is 705 g/mol. The first-order chi connectivity index (χ1) is 23.1. The van der Waals surface area contributed by atoms with E-state index in [0.29, 0.717) is 18.4 Å². The highest BCUT2D eigenvalue weighted by Gasteiger charge is 2.71. The van der Waals surface area contributed by atoms with Gasteiger partial charge in [0.25, 0.3) is 0 Å². The maximum atomic E-state index is 14.5. The SMILES string of the molecule is CC(=O)OCC1(C)C2C[C@H](OC(=O)c3ccc(Br)c(F)c3)[C@@]3(C)Oc4cc(-c5cccnc5)oc(=O)c4[C@H](O)C3[C@@]2(C)CC[C@@H]1OC(C)=O. The Balaban J connectivity index is 1.51. The summed E-state index contributed by atoms with van der Waals surface area (Å²) in [4.78, 5) is 55.8. The molecule has 0 amide bonds. The van der Waals surface area contributed by atoms with E-state index in [2.05, 4.69) is 20.9 Å². The van der Waals surface area contributed by atoms with Gasteiger partial charge in [0.1, 0.15) is 47.3 Å². The lowest BCUT2D eigenvalue weighted by Gasteiger charge is -2.66. The summed E-state index contributed by atoms with van der Waals surface area (Å²) >= 11 is 3.10. The molecule has 11 nitrogen and oxygen atoms in total. The molecule has 0 radical (unpaired) electrons. The van der Waals surface area contributed by atoms with E-state index in [-0.39, 0.29) is 40.1 Å². The molecule has 0 saturated heterocycles. The van der Waals surface area contributed by atoms with Crippen LogP contribution in [0.15, 0.2) is 62.5 Å². The normalized spacial score (nSPS) is 31.6. The lowest BCUT2D eigenvalue weighted by molar-refractivity contribution is -0.266. The van der Waals surface area contributed by atoms with E-state index >= 15 is 0 Å². The summed E-state index contributed by atoms with van der Waals surface area (Å²) in [6, 6.07) is 8.77. The fourth-order valence-electron chi connectivity index (χ4n) is 8.66. The van der Waals surface area contributed by atoms with Gasteiger partial charge in [-0.25, -0.2) is 14.0 Å². The van der Waals surface area contributed by atoms with Crippen LogP contribution in [0, 0.1) is 28.5 Å². The Kier molecular flexibility index (Phi) is 8.98. The van der Waals surface area contributed by atoms with Crippen LogP contribution in [0.5, 0.6) is 5.75 Å². The average molecular weight is 743 g/mol. The van der Waals surface area contributed by atoms with Crippen LogP contribution in [0.25, 0.3) is 11.3 Å². The second-order valence-electron chi connectivity index (χ2n) is 13.9. The topological polar surface area (TPSA) is 151 Å². The van der Waals surface area contributed by atoms with E-state index in [4.69, 9.17) is 23.4 Å². The maximum Gasteiger partial charge on any atom is 0.345 e. The van der Waals surface area contributed by atoms with Crippen LogP contribution in [0.2, 0.25) is 0 Å². The molecule has 3 heterocycles. The average Bonchev–Trinajstić information content (AvgIpc) is 3.03. The van der Waals surface area contributed by atoms with Crippen molar-refractivity contribution >= 4 is 33.8 Å². The number of hydrogen-bond acceptors (Lipinski definition) is 11. The van der Waals surface area contributed by atoms with Gasteiger partial charge < -0.3 is 28.5 Å². The van der Waals surface area contributed by atoms with Crippen LogP contribution >= 0.6 is 15.9 Å². The second-order valence-corrected chi connectivity index (χ2v) is 14.7. The molecule has 13 heteroatoms. The Hall–Kier alpha value is -4.10. The molecule has 8 atom stereocenters. The molecule has 1 aliphatic heterocycles. The molecule has 0 spiro atoms. The molecule has 2 saturated carbocycles. The first kappa shape index (κ1) is 34.8. The highest BCUT2D eigenvalue weighted by Crippen LogP contribution is 2.67. The lowest BCUT2D eigenvalue weighted by Crippen LogP contribution is -2.71. The minimum Gasteiger partial charge on any atom is -0.482 e. The standard InChI is InChI=1S/C36H37BrFNO10/c1-18(40)45-17-35(4)26-15-28(48-32(43)20-8-9-22(37)23(38)13-20)36(5)31(34(26,3)11-10-27(35)46-19(2)41)30(42)29-25(49-36)14-24(47-33(29)44)21-7-6-12-39-16-21/h6-9,12-14,16,26-28,30-31,42H,10-11,15,17H2,1-5H3/t26?,27-,28-,30-,31?,34-,35?,36+/m0/s1. The van der Waals surface area contributed by atoms with Crippen molar-refractivity contribution < 1.29 is 47.2 Å². The Morgan fingerprint density at radius 3 is 2.49 bits per heavy atom. The van der Waals surface area contributed by atoms with Crippen molar-refractivity contribution in [3.05, 3.63) is 80.6 Å². The van der Waals surface area contributed by atoms with Crippen molar-refractivity contribution in [3.63, 3.8) is 0 Å². The summed E-state index contributed by atoms with van der Waals surface area (Å²) in [7, 11) is 0. The molecule has 49 heavy (non-hydrogen) atoms. The van der Waals surface area contributed by atoms with Crippen LogP contribution in [-0.4, -0.2) is 52.4 Å². The van der Waals surface area contributed by atoms with E-state index in [1.165, 1.54) is 38.2 Å². The summed E-state index contributed by atoms with van der Waals surface area (Å²) in [6.45, 7) is 7.98. The monoisotopic (exact) mass is 741 g/mol. The van der Waals surface area contributed by atoms with Crippen LogP contribution in [0.3, 0.4) is 0 Å². The minimum atomic E-state index is -1.45. The molecule has 6 rings (SSSR count). The van der Waals surface area contributed by atoms with Gasteiger partial charge in [-0.05, 0) is 83.8 Å². The number of aliphatic hydroxyl groups excluding tert-OH is 1. The Bertz CT molecular complexity index is 1870. The number of ether oxygens (including phenoxy) is 4. The third-order valence-electron chi connectivity index (χ3n) is 10.8. The molecule has 2 fully saturated rings. The highest BCUT2D eigenvalue weighted by atomic mass is 79.9. The molecule has 2 aromatic heterocycles. The van der Waals surface area contributed by atoms with Gasteiger partial charge in [0.15, 0.2) is 0 Å². The zero-order valence-electron chi connectivity index (χ0n) is 27.7. The molecule has 0 bridgehead atoms. The van der Waals surface area contributed by atoms with Crippen LogP contribution in [0.4, 0.5) is 4.39 Å². The zero-order valence-corrected chi connectivity index (χ0v) is 29.2. The van der Waals surface area contributed by atoms with Crippen molar-refractivity contribution in [2.24, 2.45) is 22.7 Å². The van der Waals surface area contributed by atoms with Gasteiger partial charge >= 0.3 is 23.5 Å². The van der Waals surface area contributed by atoms with Crippen molar-refractivity contribution in [2.75, 3.05) is 6.61 Å². The van der Waals surface area contributed by atoms with Gasteiger partial charge in [-0.2, -0.15) is 0 Å². The third kappa shape index (κ3) is 5.94. The van der Waals surface area contributed by atoms with Crippen molar-refractivity contribution in [2.45, 2.75) is 77.8 Å². The Morgan fingerprint density at radius 1 is 1.08 bits per heavy atom. The second kappa shape index (κ2) is 12.7. The third-order valence-corrected chi connectivity index (χ3v) is 11.5. The number of fused-ring (bicyclic) bond motifs is 4. The number of hydrogen-bond donors (Lipinski definition) is 1. The number of benzene rings is 1. The van der Waals surface area contributed by atoms with E-state index < -0.39 is 75.9 Å². The number of carbonyl (C=O) groups excluding carboxylic acids is 3. The highest BCUT2D eigenvalue weighted by molar-refractivity contribution is 9.10. The van der Waals surface area contributed by atoms with E-state index in [1.54, 1.807) is 25.3 Å². The Labute approximate surface area is 290 Å². The summed E-state index contributed by atoms with van der Waals surface area (Å²) in [5, 5.41) is 12.3. The van der Waals surface area contributed by atoms with Gasteiger partial charge in [-0.1, -0.05) is 13.8 Å². The quantitative estimate of drug-likeness (QED) is 0.236. The summed E-state index contributed by atoms with van der Waals surface area (Å²) < 4.78 is 44.7. The number of esters is 3. The van der Waals surface area contributed by atoms with Crippen LogP contribution < -0.4 is 10.4 Å². The Morgan fingerprint density at radius 2 is 1.84 bits per heavy atom. The molecule has 3 unspecified atom stereocenters. The summed E-state index contributed by atoms with van der Waals surface area (Å²) in [5.41, 5.74) is -3.72. The molecule has 3 aromatic rings. The molecule has 2 aliphatic carbocycles. The molecule has 1 N–H and O–H groups in total. The number of aromatic nitrogens is 1. The number of aliphatic hydroxyl groups is 1. The van der Waals surface area contributed by atoms with Crippen LogP contribution in [0.1, 0.15) is 75.9 Å². The van der Waals surface area contributed by atoms with Gasteiger partial charge in [-0.3, -0.25) is 14.6 Å². The molecule has 3 aliphatic rings. The van der Waals surface area contributed by atoms with E-state index in [9.17, 15) is 28.7 Å². The van der Waals surface area contributed by atoms with Crippen molar-refractivity contribution in [1.29, 1.82) is 0 Å². The van der Waals surface area contributed by atoms with Gasteiger partial charge in [-0.15, -0.1) is 0 Å². The zero-order chi connectivity index (χ0) is 35.5. The fourth-order valence-corrected chi connectivity index (χ4v) is 8.90. The van der Waals surface area contributed by atoms with Gasteiger partial charge in [0.05, 0.1) is 16.1 Å². The van der Waals surface area contributed by atoms with Crippen molar-refractivity contribution in [3.8, 4) is 17.1 Å².